The molecule has 0 aliphatic carbocycles. The van der Waals surface area contributed by atoms with Crippen LogP contribution in [0.3, 0.4) is 0 Å². The van der Waals surface area contributed by atoms with E-state index in [-0.39, 0.29) is 0 Å². The summed E-state index contributed by atoms with van der Waals surface area (Å²) in [6.45, 7) is 3.02. The van der Waals surface area contributed by atoms with E-state index in [2.05, 4.69) is 45.9 Å². The van der Waals surface area contributed by atoms with Crippen LogP contribution in [0.5, 0.6) is 0 Å². The van der Waals surface area contributed by atoms with Crippen molar-refractivity contribution < 1.29 is 0 Å². The molecule has 1 aromatic carbocycles. The Labute approximate surface area is 120 Å². The lowest BCUT2D eigenvalue weighted by Gasteiger charge is -2.21. The zero-order valence-corrected chi connectivity index (χ0v) is 11.7. The molecule has 1 aromatic heterocycles. The number of aryl methyl sites for hydroxylation is 1. The first-order valence-electron chi connectivity index (χ1n) is 7.38. The van der Waals surface area contributed by atoms with Crippen molar-refractivity contribution in [3.05, 3.63) is 59.4 Å². The standard InChI is InChI=1S/C17H21N3/c1-3-15-5-2-9-20-17(15)16(4-1)13-19-12-8-14-6-10-18-11-7-14/h1,3-4,6-7,10-11,19-20H,2,5,8-9,12-13H2. The van der Waals surface area contributed by atoms with Gasteiger partial charge in [-0.15, -0.1) is 0 Å². The van der Waals surface area contributed by atoms with Crippen molar-refractivity contribution in [1.29, 1.82) is 0 Å². The van der Waals surface area contributed by atoms with Crippen molar-refractivity contribution in [1.82, 2.24) is 10.3 Å². The van der Waals surface area contributed by atoms with E-state index in [1.807, 2.05) is 12.4 Å². The summed E-state index contributed by atoms with van der Waals surface area (Å²) in [4.78, 5) is 4.04. The minimum atomic E-state index is 0.932. The lowest BCUT2D eigenvalue weighted by Crippen LogP contribution is -2.20. The van der Waals surface area contributed by atoms with Crippen LogP contribution in [0.4, 0.5) is 5.69 Å². The number of anilines is 1. The first-order chi connectivity index (χ1) is 9.93. The number of nitrogens with one attached hydrogen (secondary N) is 2. The molecule has 0 amide bonds. The highest BCUT2D eigenvalue weighted by Crippen LogP contribution is 2.25. The van der Waals surface area contributed by atoms with E-state index in [1.54, 1.807) is 0 Å². The van der Waals surface area contributed by atoms with Crippen molar-refractivity contribution in [2.45, 2.75) is 25.8 Å². The van der Waals surface area contributed by atoms with Crippen LogP contribution in [0.25, 0.3) is 0 Å². The normalized spacial score (nSPS) is 13.6. The number of benzene rings is 1. The average molecular weight is 267 g/mol. The largest absolute Gasteiger partial charge is 0.385 e. The van der Waals surface area contributed by atoms with E-state index in [1.165, 1.54) is 35.2 Å². The maximum atomic E-state index is 4.04. The molecule has 0 saturated heterocycles. The number of para-hydroxylation sites is 1. The Hall–Kier alpha value is -1.87. The Morgan fingerprint density at radius 1 is 1.15 bits per heavy atom. The van der Waals surface area contributed by atoms with Gasteiger partial charge in [0.05, 0.1) is 0 Å². The van der Waals surface area contributed by atoms with Crippen LogP contribution < -0.4 is 10.6 Å². The second-order valence-electron chi connectivity index (χ2n) is 5.26. The summed E-state index contributed by atoms with van der Waals surface area (Å²) in [6, 6.07) is 10.8. The molecule has 0 spiro atoms. The highest BCUT2D eigenvalue weighted by atomic mass is 14.9. The van der Waals surface area contributed by atoms with Gasteiger partial charge in [-0.2, -0.15) is 0 Å². The summed E-state index contributed by atoms with van der Waals surface area (Å²) >= 11 is 0. The van der Waals surface area contributed by atoms with Gasteiger partial charge in [0, 0.05) is 31.2 Å². The van der Waals surface area contributed by atoms with Crippen LogP contribution in [-0.2, 0) is 19.4 Å². The van der Waals surface area contributed by atoms with Crippen molar-refractivity contribution >= 4 is 5.69 Å². The van der Waals surface area contributed by atoms with E-state index in [9.17, 15) is 0 Å². The van der Waals surface area contributed by atoms with Crippen LogP contribution in [0.1, 0.15) is 23.1 Å². The number of hydrogen-bond donors (Lipinski definition) is 2. The molecule has 3 rings (SSSR count). The zero-order chi connectivity index (χ0) is 13.6. The van der Waals surface area contributed by atoms with Crippen LogP contribution in [-0.4, -0.2) is 18.1 Å². The molecule has 0 bridgehead atoms. The van der Waals surface area contributed by atoms with Gasteiger partial charge in [0.25, 0.3) is 0 Å². The van der Waals surface area contributed by atoms with Crippen molar-refractivity contribution in [2.24, 2.45) is 0 Å². The van der Waals surface area contributed by atoms with Crippen LogP contribution in [0.15, 0.2) is 42.7 Å². The molecule has 3 nitrogen and oxygen atoms in total. The molecule has 0 saturated carbocycles. The topological polar surface area (TPSA) is 37.0 Å². The Bertz CT molecular complexity index is 551. The molecule has 3 heteroatoms. The number of fused-ring (bicyclic) bond motifs is 1. The van der Waals surface area contributed by atoms with Crippen molar-refractivity contribution in [2.75, 3.05) is 18.4 Å². The molecule has 1 aliphatic rings. The van der Waals surface area contributed by atoms with E-state index < -0.39 is 0 Å². The molecular weight excluding hydrogens is 246 g/mol. The maximum Gasteiger partial charge on any atom is 0.0418 e. The molecule has 1 aliphatic heterocycles. The summed E-state index contributed by atoms with van der Waals surface area (Å²) in [7, 11) is 0. The predicted molar refractivity (Wildman–Crippen MR) is 82.9 cm³/mol. The molecule has 2 aromatic rings. The van der Waals surface area contributed by atoms with Gasteiger partial charge in [0.2, 0.25) is 0 Å². The smallest absolute Gasteiger partial charge is 0.0418 e. The van der Waals surface area contributed by atoms with Gasteiger partial charge in [-0.1, -0.05) is 18.2 Å². The highest BCUT2D eigenvalue weighted by Gasteiger charge is 2.11. The van der Waals surface area contributed by atoms with Gasteiger partial charge in [0.15, 0.2) is 0 Å². The van der Waals surface area contributed by atoms with E-state index in [0.29, 0.717) is 0 Å². The van der Waals surface area contributed by atoms with Crippen molar-refractivity contribution in [3.63, 3.8) is 0 Å². The minimum absolute atomic E-state index is 0.932. The third kappa shape index (κ3) is 3.17. The van der Waals surface area contributed by atoms with Gasteiger partial charge in [-0.05, 0) is 54.6 Å². The number of aromatic nitrogens is 1. The van der Waals surface area contributed by atoms with Gasteiger partial charge in [-0.25, -0.2) is 0 Å². The van der Waals surface area contributed by atoms with Gasteiger partial charge < -0.3 is 10.6 Å². The lowest BCUT2D eigenvalue weighted by atomic mass is 9.99. The second kappa shape index (κ2) is 6.53. The maximum absolute atomic E-state index is 4.04. The molecule has 2 N–H and O–H groups in total. The first-order valence-corrected chi connectivity index (χ1v) is 7.38. The summed E-state index contributed by atoms with van der Waals surface area (Å²) in [5, 5.41) is 7.08. The fourth-order valence-electron chi connectivity index (χ4n) is 2.73. The van der Waals surface area contributed by atoms with Crippen molar-refractivity contribution in [3.8, 4) is 0 Å². The Balaban J connectivity index is 1.54. The fraction of sp³-hybridized carbons (Fsp3) is 0.353. The number of nitrogens with zero attached hydrogens (tertiary/aromatic N) is 1. The number of hydrogen-bond acceptors (Lipinski definition) is 3. The van der Waals surface area contributed by atoms with Crippen LogP contribution in [0.2, 0.25) is 0 Å². The highest BCUT2D eigenvalue weighted by molar-refractivity contribution is 5.59. The Morgan fingerprint density at radius 3 is 2.95 bits per heavy atom. The van der Waals surface area contributed by atoms with Gasteiger partial charge in [0.1, 0.15) is 0 Å². The summed E-state index contributed by atoms with van der Waals surface area (Å²) < 4.78 is 0. The SMILES string of the molecule is c1cc2c(c(CNCCc3ccncc3)c1)NCCC2. The third-order valence-electron chi connectivity index (χ3n) is 3.82. The molecule has 104 valence electrons. The lowest BCUT2D eigenvalue weighted by molar-refractivity contribution is 0.684. The zero-order valence-electron chi connectivity index (χ0n) is 11.7. The van der Waals surface area contributed by atoms with Crippen LogP contribution in [0, 0.1) is 0 Å². The summed E-state index contributed by atoms with van der Waals surface area (Å²) in [5.41, 5.74) is 5.54. The monoisotopic (exact) mass is 267 g/mol. The molecule has 20 heavy (non-hydrogen) atoms. The molecule has 0 unspecified atom stereocenters. The molecular formula is C17H21N3. The summed E-state index contributed by atoms with van der Waals surface area (Å²) in [6.07, 6.45) is 7.20. The minimum Gasteiger partial charge on any atom is -0.385 e. The molecule has 0 fully saturated rings. The quantitative estimate of drug-likeness (QED) is 0.818. The second-order valence-corrected chi connectivity index (χ2v) is 5.26. The molecule has 0 atom stereocenters. The molecule has 2 heterocycles. The first kappa shape index (κ1) is 13.1. The van der Waals surface area contributed by atoms with E-state index in [0.717, 1.165) is 26.1 Å². The van der Waals surface area contributed by atoms with E-state index >= 15 is 0 Å². The predicted octanol–water partition coefficient (Wildman–Crippen LogP) is 2.77. The number of rotatable bonds is 5. The fourth-order valence-corrected chi connectivity index (χ4v) is 2.73. The van der Waals surface area contributed by atoms with Gasteiger partial charge >= 0.3 is 0 Å². The van der Waals surface area contributed by atoms with E-state index in [4.69, 9.17) is 0 Å². The molecule has 0 radical (unpaired) electrons. The average Bonchev–Trinajstić information content (AvgIpc) is 2.53. The summed E-state index contributed by atoms with van der Waals surface area (Å²) in [5.74, 6) is 0. The third-order valence-corrected chi connectivity index (χ3v) is 3.82. The van der Waals surface area contributed by atoms with Gasteiger partial charge in [-0.3, -0.25) is 4.98 Å². The van der Waals surface area contributed by atoms with Crippen LogP contribution >= 0.6 is 0 Å². The number of pyridine rings is 1. The Kier molecular flexibility index (Phi) is 4.28. The Morgan fingerprint density at radius 2 is 2.05 bits per heavy atom.